The Morgan fingerprint density at radius 3 is 2.42 bits per heavy atom. The Morgan fingerprint density at radius 1 is 1.25 bits per heavy atom. The van der Waals surface area contributed by atoms with Crippen LogP contribution in [0.4, 0.5) is 11.4 Å². The highest BCUT2D eigenvalue weighted by Crippen LogP contribution is 2.14. The average molecular weight is 164 g/mol. The highest BCUT2D eigenvalue weighted by atomic mass is 16.2. The van der Waals surface area contributed by atoms with Gasteiger partial charge >= 0.3 is 0 Å². The van der Waals surface area contributed by atoms with Gasteiger partial charge in [-0.25, -0.2) is 0 Å². The Hall–Kier alpha value is -1.84. The normalized spacial score (nSPS) is 9.00. The lowest BCUT2D eigenvalue weighted by Crippen LogP contribution is -2.18. The van der Waals surface area contributed by atoms with Crippen molar-refractivity contribution in [2.24, 2.45) is 0 Å². The number of carbonyl (C=O) groups is 2. The van der Waals surface area contributed by atoms with Crippen molar-refractivity contribution in [3.63, 3.8) is 0 Å². The molecule has 0 aliphatic heterocycles. The van der Waals surface area contributed by atoms with Gasteiger partial charge in [-0.15, -0.1) is 0 Å². The van der Waals surface area contributed by atoms with Gasteiger partial charge in [0.2, 0.25) is 12.8 Å². The topological polar surface area (TPSA) is 63.4 Å². The molecule has 0 aliphatic rings. The van der Waals surface area contributed by atoms with Crippen LogP contribution in [-0.2, 0) is 9.59 Å². The van der Waals surface area contributed by atoms with Crippen molar-refractivity contribution in [3.05, 3.63) is 24.3 Å². The second-order valence-electron chi connectivity index (χ2n) is 2.21. The molecule has 0 atom stereocenters. The van der Waals surface area contributed by atoms with Crippen LogP contribution in [0.15, 0.2) is 24.3 Å². The molecule has 4 heteroatoms. The summed E-state index contributed by atoms with van der Waals surface area (Å²) in [5.74, 6) is 0. The van der Waals surface area contributed by atoms with Crippen LogP contribution in [-0.4, -0.2) is 12.8 Å². The van der Waals surface area contributed by atoms with Gasteiger partial charge in [0.05, 0.1) is 5.69 Å². The SMILES string of the molecule is Nc1cccc(N(C=O)C=O)c1. The lowest BCUT2D eigenvalue weighted by molar-refractivity contribution is -0.113. The smallest absolute Gasteiger partial charge is 0.220 e. The fourth-order valence-corrected chi connectivity index (χ4v) is 0.832. The standard InChI is InChI=1S/C8H8N2O2/c9-7-2-1-3-8(4-7)10(5-11)6-12/h1-6H,9H2. The molecule has 0 spiro atoms. The first-order valence-corrected chi connectivity index (χ1v) is 3.32. The number of carbonyl (C=O) groups excluding carboxylic acids is 2. The molecule has 1 aromatic rings. The van der Waals surface area contributed by atoms with Crippen molar-refractivity contribution in [1.29, 1.82) is 0 Å². The quantitative estimate of drug-likeness (QED) is 0.519. The molecule has 0 aromatic heterocycles. The van der Waals surface area contributed by atoms with Crippen molar-refractivity contribution in [1.82, 2.24) is 0 Å². The molecule has 0 saturated heterocycles. The molecule has 0 radical (unpaired) electrons. The summed E-state index contributed by atoms with van der Waals surface area (Å²) in [5.41, 5.74) is 6.43. The minimum atomic E-state index is 0.432. The number of nitrogens with zero attached hydrogens (tertiary/aromatic N) is 1. The molecule has 0 heterocycles. The molecule has 2 amide bonds. The molecular formula is C8H8N2O2. The van der Waals surface area contributed by atoms with Crippen LogP contribution in [0.2, 0.25) is 0 Å². The first kappa shape index (κ1) is 8.26. The van der Waals surface area contributed by atoms with Crippen molar-refractivity contribution in [2.45, 2.75) is 0 Å². The highest BCUT2D eigenvalue weighted by Gasteiger charge is 2.01. The third-order valence-electron chi connectivity index (χ3n) is 1.40. The summed E-state index contributed by atoms with van der Waals surface area (Å²) in [7, 11) is 0. The third-order valence-corrected chi connectivity index (χ3v) is 1.40. The second kappa shape index (κ2) is 3.52. The van der Waals surface area contributed by atoms with Crippen LogP contribution in [0.25, 0.3) is 0 Å². The zero-order valence-corrected chi connectivity index (χ0v) is 6.31. The van der Waals surface area contributed by atoms with E-state index in [0.717, 1.165) is 4.90 Å². The Labute approximate surface area is 69.6 Å². The summed E-state index contributed by atoms with van der Waals surface area (Å²) in [4.78, 5) is 21.5. The first-order valence-electron chi connectivity index (χ1n) is 3.32. The number of hydrogen-bond acceptors (Lipinski definition) is 3. The van der Waals surface area contributed by atoms with Crippen molar-refractivity contribution < 1.29 is 9.59 Å². The molecule has 1 aromatic carbocycles. The molecule has 0 aliphatic carbocycles. The lowest BCUT2D eigenvalue weighted by atomic mass is 10.3. The van der Waals surface area contributed by atoms with Gasteiger partial charge in [0.1, 0.15) is 0 Å². The minimum Gasteiger partial charge on any atom is -0.399 e. The molecule has 12 heavy (non-hydrogen) atoms. The minimum absolute atomic E-state index is 0.432. The number of amides is 2. The summed E-state index contributed by atoms with van der Waals surface area (Å²) in [5, 5.41) is 0. The summed E-state index contributed by atoms with van der Waals surface area (Å²) in [6, 6.07) is 6.52. The van der Waals surface area contributed by atoms with Gasteiger partial charge in [-0.1, -0.05) is 6.07 Å². The number of imide groups is 1. The fraction of sp³-hybridized carbons (Fsp3) is 0. The van der Waals surface area contributed by atoms with E-state index in [9.17, 15) is 9.59 Å². The predicted octanol–water partition coefficient (Wildman–Crippen LogP) is 0.388. The number of rotatable bonds is 3. The fourth-order valence-electron chi connectivity index (χ4n) is 0.832. The monoisotopic (exact) mass is 164 g/mol. The molecule has 1 rings (SSSR count). The van der Waals surface area contributed by atoms with Crippen LogP contribution in [0.1, 0.15) is 0 Å². The molecule has 62 valence electrons. The maximum absolute atomic E-state index is 10.3. The first-order chi connectivity index (χ1) is 5.77. The van der Waals surface area contributed by atoms with E-state index in [1.807, 2.05) is 0 Å². The van der Waals surface area contributed by atoms with E-state index < -0.39 is 0 Å². The zero-order chi connectivity index (χ0) is 8.97. The molecular weight excluding hydrogens is 156 g/mol. The summed E-state index contributed by atoms with van der Waals surface area (Å²) >= 11 is 0. The molecule has 0 saturated carbocycles. The van der Waals surface area contributed by atoms with Crippen molar-refractivity contribution >= 4 is 24.2 Å². The van der Waals surface area contributed by atoms with Gasteiger partial charge in [-0.2, -0.15) is 0 Å². The summed E-state index contributed by atoms with van der Waals surface area (Å²) in [6.07, 6.45) is 0.865. The lowest BCUT2D eigenvalue weighted by Gasteiger charge is -2.08. The Kier molecular flexibility index (Phi) is 2.42. The number of benzene rings is 1. The molecule has 0 unspecified atom stereocenters. The van der Waals surface area contributed by atoms with Gasteiger partial charge in [0, 0.05) is 5.69 Å². The largest absolute Gasteiger partial charge is 0.399 e. The van der Waals surface area contributed by atoms with E-state index in [2.05, 4.69) is 0 Å². The summed E-state index contributed by atoms with van der Waals surface area (Å²) in [6.45, 7) is 0. The third kappa shape index (κ3) is 1.60. The van der Waals surface area contributed by atoms with Gasteiger partial charge in [-0.3, -0.25) is 14.5 Å². The van der Waals surface area contributed by atoms with Crippen LogP contribution >= 0.6 is 0 Å². The molecule has 4 nitrogen and oxygen atoms in total. The van der Waals surface area contributed by atoms with Gasteiger partial charge < -0.3 is 5.73 Å². The van der Waals surface area contributed by atoms with Crippen LogP contribution < -0.4 is 10.6 Å². The van der Waals surface area contributed by atoms with Crippen LogP contribution in [0.5, 0.6) is 0 Å². The van der Waals surface area contributed by atoms with E-state index in [1.54, 1.807) is 24.3 Å². The Morgan fingerprint density at radius 2 is 1.92 bits per heavy atom. The highest BCUT2D eigenvalue weighted by molar-refractivity contribution is 5.95. The maximum atomic E-state index is 10.3. The number of anilines is 2. The predicted molar refractivity (Wildman–Crippen MR) is 45.5 cm³/mol. The van der Waals surface area contributed by atoms with Crippen LogP contribution in [0, 0.1) is 0 Å². The maximum Gasteiger partial charge on any atom is 0.220 e. The van der Waals surface area contributed by atoms with E-state index in [-0.39, 0.29) is 0 Å². The van der Waals surface area contributed by atoms with Gasteiger partial charge in [-0.05, 0) is 18.2 Å². The molecule has 2 N–H and O–H groups in total. The van der Waals surface area contributed by atoms with E-state index in [1.165, 1.54) is 0 Å². The summed E-state index contributed by atoms with van der Waals surface area (Å²) < 4.78 is 0. The van der Waals surface area contributed by atoms with Gasteiger partial charge in [0.15, 0.2) is 0 Å². The van der Waals surface area contributed by atoms with E-state index >= 15 is 0 Å². The molecule has 0 bridgehead atoms. The van der Waals surface area contributed by atoms with Crippen LogP contribution in [0.3, 0.4) is 0 Å². The van der Waals surface area contributed by atoms with Crippen molar-refractivity contribution in [2.75, 3.05) is 10.6 Å². The zero-order valence-electron chi connectivity index (χ0n) is 6.31. The van der Waals surface area contributed by atoms with Crippen molar-refractivity contribution in [3.8, 4) is 0 Å². The van der Waals surface area contributed by atoms with Gasteiger partial charge in [0.25, 0.3) is 0 Å². The average Bonchev–Trinajstić information content (AvgIpc) is 2.07. The molecule has 0 fully saturated rings. The number of hydrogen-bond donors (Lipinski definition) is 1. The number of nitrogens with two attached hydrogens (primary N) is 1. The Balaban J connectivity index is 3.00. The van der Waals surface area contributed by atoms with E-state index in [0.29, 0.717) is 24.2 Å². The Bertz CT molecular complexity index is 291. The van der Waals surface area contributed by atoms with E-state index in [4.69, 9.17) is 5.73 Å². The second-order valence-corrected chi connectivity index (χ2v) is 2.21. The number of nitrogen functional groups attached to an aromatic ring is 1.